The number of nitrogens with zero attached hydrogens (tertiary/aromatic N) is 2. The second-order valence-corrected chi connectivity index (χ2v) is 5.45. The summed E-state index contributed by atoms with van der Waals surface area (Å²) in [6.07, 6.45) is 0. The van der Waals surface area contributed by atoms with Crippen LogP contribution in [0.4, 0.5) is 5.82 Å². The largest absolute Gasteiger partial charge is 0.361 e. The minimum atomic E-state index is 0.176. The lowest BCUT2D eigenvalue weighted by Crippen LogP contribution is -2.11. The number of aromatic nitrogens is 2. The summed E-state index contributed by atoms with van der Waals surface area (Å²) in [5, 5.41) is 8.57. The van der Waals surface area contributed by atoms with Crippen LogP contribution in [-0.2, 0) is 5.41 Å². The molecule has 0 aliphatic rings. The van der Waals surface area contributed by atoms with Crippen molar-refractivity contribution in [1.82, 2.24) is 10.2 Å². The van der Waals surface area contributed by atoms with Crippen molar-refractivity contribution in [2.24, 2.45) is 0 Å². The standard InChI is InChI=1S/C13H19N3/c1-13(2,3)9-6-7-11-10(8-9)12(15-14-11)16(4)5/h6-8H,1-5H3,(H,14,15). The zero-order chi connectivity index (χ0) is 11.9. The van der Waals surface area contributed by atoms with Gasteiger partial charge in [-0.3, -0.25) is 5.10 Å². The highest BCUT2D eigenvalue weighted by atomic mass is 15.2. The second kappa shape index (κ2) is 3.51. The third-order valence-electron chi connectivity index (χ3n) is 2.83. The van der Waals surface area contributed by atoms with Crippen LogP contribution in [0.15, 0.2) is 18.2 Å². The van der Waals surface area contributed by atoms with Crippen molar-refractivity contribution in [3.8, 4) is 0 Å². The molecule has 1 heterocycles. The fourth-order valence-corrected chi connectivity index (χ4v) is 1.81. The molecular weight excluding hydrogens is 198 g/mol. The van der Waals surface area contributed by atoms with Gasteiger partial charge in [-0.25, -0.2) is 0 Å². The van der Waals surface area contributed by atoms with E-state index >= 15 is 0 Å². The van der Waals surface area contributed by atoms with Crippen LogP contribution < -0.4 is 4.90 Å². The van der Waals surface area contributed by atoms with E-state index in [-0.39, 0.29) is 5.41 Å². The molecule has 3 heteroatoms. The van der Waals surface area contributed by atoms with Crippen molar-refractivity contribution in [2.45, 2.75) is 26.2 Å². The third kappa shape index (κ3) is 1.77. The van der Waals surface area contributed by atoms with E-state index < -0.39 is 0 Å². The lowest BCUT2D eigenvalue weighted by molar-refractivity contribution is 0.591. The molecule has 2 rings (SSSR count). The highest BCUT2D eigenvalue weighted by molar-refractivity contribution is 5.90. The van der Waals surface area contributed by atoms with Crippen molar-refractivity contribution < 1.29 is 0 Å². The number of anilines is 1. The Morgan fingerprint density at radius 3 is 2.44 bits per heavy atom. The fraction of sp³-hybridized carbons (Fsp3) is 0.462. The van der Waals surface area contributed by atoms with Gasteiger partial charge < -0.3 is 4.90 Å². The van der Waals surface area contributed by atoms with Crippen LogP contribution in [0, 0.1) is 0 Å². The number of fused-ring (bicyclic) bond motifs is 1. The monoisotopic (exact) mass is 217 g/mol. The Balaban J connectivity index is 2.63. The Morgan fingerprint density at radius 1 is 1.19 bits per heavy atom. The zero-order valence-corrected chi connectivity index (χ0v) is 10.6. The van der Waals surface area contributed by atoms with Gasteiger partial charge in [0.1, 0.15) is 0 Å². The number of benzene rings is 1. The van der Waals surface area contributed by atoms with Crippen LogP contribution >= 0.6 is 0 Å². The molecule has 16 heavy (non-hydrogen) atoms. The molecule has 0 saturated heterocycles. The second-order valence-electron chi connectivity index (χ2n) is 5.45. The lowest BCUT2D eigenvalue weighted by Gasteiger charge is -2.19. The summed E-state index contributed by atoms with van der Waals surface area (Å²) in [6.45, 7) is 6.68. The van der Waals surface area contributed by atoms with Crippen molar-refractivity contribution in [2.75, 3.05) is 19.0 Å². The Morgan fingerprint density at radius 2 is 1.88 bits per heavy atom. The minimum absolute atomic E-state index is 0.176. The average molecular weight is 217 g/mol. The van der Waals surface area contributed by atoms with Crippen molar-refractivity contribution >= 4 is 16.7 Å². The molecule has 1 aromatic carbocycles. The van der Waals surface area contributed by atoms with Gasteiger partial charge in [-0.1, -0.05) is 26.8 Å². The number of H-pyrrole nitrogens is 1. The highest BCUT2D eigenvalue weighted by Crippen LogP contribution is 2.29. The first kappa shape index (κ1) is 11.0. The number of nitrogens with one attached hydrogen (secondary N) is 1. The van der Waals surface area contributed by atoms with Gasteiger partial charge in [0.25, 0.3) is 0 Å². The zero-order valence-electron chi connectivity index (χ0n) is 10.6. The Hall–Kier alpha value is -1.51. The van der Waals surface area contributed by atoms with E-state index in [1.165, 1.54) is 10.9 Å². The quantitative estimate of drug-likeness (QED) is 0.796. The lowest BCUT2D eigenvalue weighted by atomic mass is 9.86. The summed E-state index contributed by atoms with van der Waals surface area (Å²) >= 11 is 0. The van der Waals surface area contributed by atoms with E-state index in [1.54, 1.807) is 0 Å². The molecule has 0 saturated carbocycles. The van der Waals surface area contributed by atoms with Crippen LogP contribution in [-0.4, -0.2) is 24.3 Å². The molecule has 0 radical (unpaired) electrons. The maximum absolute atomic E-state index is 4.32. The summed E-state index contributed by atoms with van der Waals surface area (Å²) in [7, 11) is 4.03. The van der Waals surface area contributed by atoms with Gasteiger partial charge in [-0.2, -0.15) is 5.10 Å². The van der Waals surface area contributed by atoms with E-state index in [2.05, 4.69) is 49.2 Å². The molecule has 0 bridgehead atoms. The average Bonchev–Trinajstić information content (AvgIpc) is 2.58. The van der Waals surface area contributed by atoms with Gasteiger partial charge in [0.15, 0.2) is 5.82 Å². The molecule has 0 spiro atoms. The van der Waals surface area contributed by atoms with Crippen molar-refractivity contribution in [3.63, 3.8) is 0 Å². The maximum atomic E-state index is 4.32. The van der Waals surface area contributed by atoms with E-state index in [1.807, 2.05) is 19.0 Å². The molecule has 0 aliphatic carbocycles. The van der Waals surface area contributed by atoms with Gasteiger partial charge in [0.05, 0.1) is 5.52 Å². The minimum Gasteiger partial charge on any atom is -0.361 e. The van der Waals surface area contributed by atoms with E-state index in [4.69, 9.17) is 0 Å². The molecule has 3 nitrogen and oxygen atoms in total. The summed E-state index contributed by atoms with van der Waals surface area (Å²) in [5.74, 6) is 1.00. The van der Waals surface area contributed by atoms with Gasteiger partial charge in [-0.15, -0.1) is 0 Å². The predicted molar refractivity (Wildman–Crippen MR) is 69.1 cm³/mol. The number of hydrogen-bond acceptors (Lipinski definition) is 2. The smallest absolute Gasteiger partial charge is 0.157 e. The molecule has 0 aliphatic heterocycles. The SMILES string of the molecule is CN(C)c1n[nH]c2ccc(C(C)(C)C)cc12. The van der Waals surface area contributed by atoms with Crippen LogP contribution in [0.1, 0.15) is 26.3 Å². The molecular formula is C13H19N3. The van der Waals surface area contributed by atoms with E-state index in [0.29, 0.717) is 0 Å². The normalized spacial score (nSPS) is 12.1. The third-order valence-corrected chi connectivity index (χ3v) is 2.83. The van der Waals surface area contributed by atoms with Crippen molar-refractivity contribution in [1.29, 1.82) is 0 Å². The van der Waals surface area contributed by atoms with Gasteiger partial charge in [-0.05, 0) is 23.1 Å². The van der Waals surface area contributed by atoms with Gasteiger partial charge in [0.2, 0.25) is 0 Å². The van der Waals surface area contributed by atoms with Gasteiger partial charge >= 0.3 is 0 Å². The topological polar surface area (TPSA) is 31.9 Å². The number of aromatic amines is 1. The first-order valence-corrected chi connectivity index (χ1v) is 5.55. The summed E-state index contributed by atoms with van der Waals surface area (Å²) < 4.78 is 0. The molecule has 2 aromatic rings. The summed E-state index contributed by atoms with van der Waals surface area (Å²) in [5.41, 5.74) is 2.61. The van der Waals surface area contributed by atoms with Crippen LogP contribution in [0.5, 0.6) is 0 Å². The molecule has 0 atom stereocenters. The highest BCUT2D eigenvalue weighted by Gasteiger charge is 2.16. The first-order chi connectivity index (χ1) is 7.39. The Labute approximate surface area is 96.5 Å². The fourth-order valence-electron chi connectivity index (χ4n) is 1.81. The Kier molecular flexibility index (Phi) is 2.41. The summed E-state index contributed by atoms with van der Waals surface area (Å²) in [4.78, 5) is 2.03. The number of hydrogen-bond donors (Lipinski definition) is 1. The number of rotatable bonds is 1. The van der Waals surface area contributed by atoms with Crippen LogP contribution in [0.3, 0.4) is 0 Å². The van der Waals surface area contributed by atoms with E-state index in [9.17, 15) is 0 Å². The van der Waals surface area contributed by atoms with E-state index in [0.717, 1.165) is 11.3 Å². The molecule has 1 aromatic heterocycles. The van der Waals surface area contributed by atoms with Crippen LogP contribution in [0.2, 0.25) is 0 Å². The first-order valence-electron chi connectivity index (χ1n) is 5.55. The van der Waals surface area contributed by atoms with Crippen molar-refractivity contribution in [3.05, 3.63) is 23.8 Å². The van der Waals surface area contributed by atoms with Crippen LogP contribution in [0.25, 0.3) is 10.9 Å². The molecule has 86 valence electrons. The molecule has 0 amide bonds. The predicted octanol–water partition coefficient (Wildman–Crippen LogP) is 2.93. The molecule has 1 N–H and O–H groups in total. The molecule has 0 fully saturated rings. The molecule has 0 unspecified atom stereocenters. The Bertz CT molecular complexity index is 503. The maximum Gasteiger partial charge on any atom is 0.157 e. The summed E-state index contributed by atoms with van der Waals surface area (Å²) in [6, 6.07) is 6.50. The van der Waals surface area contributed by atoms with Gasteiger partial charge in [0, 0.05) is 19.5 Å².